The molecule has 1 heterocycles. The normalized spacial score (nSPS) is 14.4. The van der Waals surface area contributed by atoms with Gasteiger partial charge in [-0.25, -0.2) is 0 Å². The summed E-state index contributed by atoms with van der Waals surface area (Å²) in [6.07, 6.45) is 0.553. The molecule has 2 unspecified atom stereocenters. The smallest absolute Gasteiger partial charge is 0.252 e. The van der Waals surface area contributed by atoms with Crippen LogP contribution in [0.4, 0.5) is 0 Å². The van der Waals surface area contributed by atoms with Gasteiger partial charge in [-0.15, -0.1) is 0 Å². The van der Waals surface area contributed by atoms with Crippen LogP contribution in [0, 0.1) is 12.8 Å². The van der Waals surface area contributed by atoms with Gasteiger partial charge in [-0.05, 0) is 55.5 Å². The van der Waals surface area contributed by atoms with E-state index in [1.165, 1.54) is 0 Å². The Morgan fingerprint density at radius 3 is 2.45 bits per heavy atom. The molecule has 6 heteroatoms. The first kappa shape index (κ1) is 20.7. The molecule has 2 atom stereocenters. The Morgan fingerprint density at radius 2 is 1.72 bits per heavy atom. The zero-order chi connectivity index (χ0) is 21.0. The highest BCUT2D eigenvalue weighted by molar-refractivity contribution is 5.98. The zero-order valence-corrected chi connectivity index (χ0v) is 17.3. The van der Waals surface area contributed by atoms with Gasteiger partial charge >= 0.3 is 0 Å². The maximum absolute atomic E-state index is 13.0. The van der Waals surface area contributed by atoms with Gasteiger partial charge in [0.15, 0.2) is 11.5 Å². The Kier molecular flexibility index (Phi) is 6.42. The highest BCUT2D eigenvalue weighted by Gasteiger charge is 2.25. The fourth-order valence-corrected chi connectivity index (χ4v) is 3.35. The van der Waals surface area contributed by atoms with Crippen molar-refractivity contribution >= 4 is 11.8 Å². The van der Waals surface area contributed by atoms with Crippen LogP contribution in [-0.4, -0.2) is 24.6 Å². The van der Waals surface area contributed by atoms with Gasteiger partial charge in [-0.3, -0.25) is 9.59 Å². The van der Waals surface area contributed by atoms with Gasteiger partial charge in [0.2, 0.25) is 12.7 Å². The minimum atomic E-state index is -0.612. The lowest BCUT2D eigenvalue weighted by atomic mass is 10.0. The Labute approximate surface area is 171 Å². The highest BCUT2D eigenvalue weighted by Crippen LogP contribution is 2.34. The molecule has 1 aliphatic rings. The molecule has 0 saturated heterocycles. The molecule has 6 nitrogen and oxygen atoms in total. The molecule has 0 aliphatic carbocycles. The summed E-state index contributed by atoms with van der Waals surface area (Å²) >= 11 is 0. The van der Waals surface area contributed by atoms with Crippen LogP contribution in [0.15, 0.2) is 42.5 Å². The van der Waals surface area contributed by atoms with Crippen LogP contribution in [0.2, 0.25) is 0 Å². The Balaban J connectivity index is 1.70. The zero-order valence-electron chi connectivity index (χ0n) is 17.3. The topological polar surface area (TPSA) is 76.7 Å². The third-order valence-corrected chi connectivity index (χ3v) is 4.97. The predicted molar refractivity (Wildman–Crippen MR) is 111 cm³/mol. The molecule has 0 saturated carbocycles. The van der Waals surface area contributed by atoms with E-state index in [0.717, 1.165) is 11.1 Å². The van der Waals surface area contributed by atoms with E-state index in [0.29, 0.717) is 23.5 Å². The third-order valence-electron chi connectivity index (χ3n) is 4.97. The van der Waals surface area contributed by atoms with E-state index < -0.39 is 6.04 Å². The lowest BCUT2D eigenvalue weighted by molar-refractivity contribution is -0.124. The van der Waals surface area contributed by atoms with E-state index in [1.54, 1.807) is 6.07 Å². The molecule has 2 amide bonds. The van der Waals surface area contributed by atoms with Crippen molar-refractivity contribution in [3.05, 3.63) is 59.2 Å². The summed E-state index contributed by atoms with van der Waals surface area (Å²) in [5, 5.41) is 5.92. The monoisotopic (exact) mass is 396 g/mol. The van der Waals surface area contributed by atoms with Crippen molar-refractivity contribution in [3.63, 3.8) is 0 Å². The molecule has 2 N–H and O–H groups in total. The van der Waals surface area contributed by atoms with E-state index in [1.807, 2.05) is 64.1 Å². The molecular weight excluding hydrogens is 368 g/mol. The quantitative estimate of drug-likeness (QED) is 0.747. The largest absolute Gasteiger partial charge is 0.454 e. The van der Waals surface area contributed by atoms with Crippen LogP contribution in [0.3, 0.4) is 0 Å². The van der Waals surface area contributed by atoms with Gasteiger partial charge < -0.3 is 20.1 Å². The number of carbonyl (C=O) groups excluding carboxylic acids is 2. The van der Waals surface area contributed by atoms with Crippen molar-refractivity contribution in [1.29, 1.82) is 0 Å². The number of benzene rings is 2. The van der Waals surface area contributed by atoms with Crippen molar-refractivity contribution in [3.8, 4) is 11.5 Å². The summed E-state index contributed by atoms with van der Waals surface area (Å²) in [6.45, 7) is 8.06. The average molecular weight is 396 g/mol. The first-order valence-corrected chi connectivity index (χ1v) is 9.91. The van der Waals surface area contributed by atoms with Gasteiger partial charge in [-0.1, -0.05) is 38.1 Å². The molecule has 0 aromatic heterocycles. The number of rotatable bonds is 7. The van der Waals surface area contributed by atoms with Crippen LogP contribution in [-0.2, 0) is 4.79 Å². The van der Waals surface area contributed by atoms with E-state index in [-0.39, 0.29) is 30.6 Å². The summed E-state index contributed by atoms with van der Waals surface area (Å²) in [5.41, 5.74) is 2.37. The summed E-state index contributed by atoms with van der Waals surface area (Å²) < 4.78 is 10.7. The molecule has 0 fully saturated rings. The minimum Gasteiger partial charge on any atom is -0.454 e. The summed E-state index contributed by atoms with van der Waals surface area (Å²) in [5.74, 6) is 1.19. The van der Waals surface area contributed by atoms with Crippen molar-refractivity contribution in [2.24, 2.45) is 5.92 Å². The molecule has 1 aliphatic heterocycles. The second-order valence-corrected chi connectivity index (χ2v) is 7.81. The number of aryl methyl sites for hydroxylation is 1. The molecule has 2 aromatic carbocycles. The van der Waals surface area contributed by atoms with Gasteiger partial charge in [0.25, 0.3) is 5.91 Å². The summed E-state index contributed by atoms with van der Waals surface area (Å²) in [6, 6.07) is 12.1. The highest BCUT2D eigenvalue weighted by atomic mass is 16.7. The Bertz CT molecular complexity index is 894. The lowest BCUT2D eigenvalue weighted by Crippen LogP contribution is -2.48. The van der Waals surface area contributed by atoms with Crippen LogP contribution in [0.5, 0.6) is 11.5 Å². The standard InChI is InChI=1S/C23H28N2O4/c1-14(2)11-19(25-22(26)18-8-6-5-7-15(18)3)23(27)24-16(4)17-9-10-20-21(12-17)29-13-28-20/h5-10,12,14,16,19H,11,13H2,1-4H3,(H,24,27)(H,25,26). The number of hydrogen-bond acceptors (Lipinski definition) is 4. The Morgan fingerprint density at radius 1 is 1.00 bits per heavy atom. The maximum Gasteiger partial charge on any atom is 0.252 e. The second kappa shape index (κ2) is 8.99. The molecule has 0 radical (unpaired) electrons. The van der Waals surface area contributed by atoms with E-state index in [9.17, 15) is 9.59 Å². The number of amides is 2. The molecule has 2 aromatic rings. The number of nitrogens with one attached hydrogen (secondary N) is 2. The lowest BCUT2D eigenvalue weighted by Gasteiger charge is -2.23. The number of carbonyl (C=O) groups is 2. The SMILES string of the molecule is Cc1ccccc1C(=O)NC(CC(C)C)C(=O)NC(C)c1ccc2c(c1)OCO2. The molecule has 3 rings (SSSR count). The van der Waals surface area contributed by atoms with Gasteiger partial charge in [0, 0.05) is 5.56 Å². The molecule has 0 bridgehead atoms. The van der Waals surface area contributed by atoms with Crippen molar-refractivity contribution < 1.29 is 19.1 Å². The van der Waals surface area contributed by atoms with Crippen LogP contribution >= 0.6 is 0 Å². The third kappa shape index (κ3) is 5.08. The van der Waals surface area contributed by atoms with E-state index >= 15 is 0 Å². The number of ether oxygens (including phenoxy) is 2. The number of fused-ring (bicyclic) bond motifs is 1. The Hall–Kier alpha value is -3.02. The van der Waals surface area contributed by atoms with Gasteiger partial charge in [0.05, 0.1) is 6.04 Å². The average Bonchev–Trinajstić information content (AvgIpc) is 3.15. The molecule has 154 valence electrons. The van der Waals surface area contributed by atoms with Crippen LogP contribution in [0.25, 0.3) is 0 Å². The fourth-order valence-electron chi connectivity index (χ4n) is 3.35. The first-order valence-electron chi connectivity index (χ1n) is 9.91. The van der Waals surface area contributed by atoms with Crippen molar-refractivity contribution in [2.75, 3.05) is 6.79 Å². The van der Waals surface area contributed by atoms with Crippen LogP contribution in [0.1, 0.15) is 54.7 Å². The van der Waals surface area contributed by atoms with Crippen molar-refractivity contribution in [2.45, 2.75) is 46.2 Å². The van der Waals surface area contributed by atoms with Crippen LogP contribution < -0.4 is 20.1 Å². The first-order chi connectivity index (χ1) is 13.8. The van der Waals surface area contributed by atoms with Gasteiger partial charge in [-0.2, -0.15) is 0 Å². The van der Waals surface area contributed by atoms with Crippen molar-refractivity contribution in [1.82, 2.24) is 10.6 Å². The van der Waals surface area contributed by atoms with E-state index in [2.05, 4.69) is 10.6 Å². The minimum absolute atomic E-state index is 0.203. The molecule has 0 spiro atoms. The fraction of sp³-hybridized carbons (Fsp3) is 0.391. The summed E-state index contributed by atoms with van der Waals surface area (Å²) in [7, 11) is 0. The predicted octanol–water partition coefficient (Wildman–Crippen LogP) is 3.75. The number of hydrogen-bond donors (Lipinski definition) is 2. The van der Waals surface area contributed by atoms with E-state index in [4.69, 9.17) is 9.47 Å². The van der Waals surface area contributed by atoms with Gasteiger partial charge in [0.1, 0.15) is 6.04 Å². The second-order valence-electron chi connectivity index (χ2n) is 7.81. The molecule has 29 heavy (non-hydrogen) atoms. The maximum atomic E-state index is 13.0. The summed E-state index contributed by atoms with van der Waals surface area (Å²) in [4.78, 5) is 25.7. The molecular formula is C23H28N2O4.